The van der Waals surface area contributed by atoms with Gasteiger partial charge in [0, 0.05) is 23.7 Å². The number of fused-ring (bicyclic) bond motifs is 1. The molecule has 0 saturated heterocycles. The van der Waals surface area contributed by atoms with Crippen LogP contribution in [0, 0.1) is 13.8 Å². The summed E-state index contributed by atoms with van der Waals surface area (Å²) in [5, 5.41) is 9.96. The second kappa shape index (κ2) is 3.73. The molecule has 4 nitrogen and oxygen atoms in total. The van der Waals surface area contributed by atoms with E-state index in [0.717, 1.165) is 12.0 Å². The minimum absolute atomic E-state index is 0.265. The highest BCUT2D eigenvalue weighted by atomic mass is 16.4. The zero-order valence-corrected chi connectivity index (χ0v) is 9.94. The Balaban J connectivity index is 3.05. The summed E-state index contributed by atoms with van der Waals surface area (Å²) in [6.45, 7) is 3.57. The number of carbonyl (C=O) groups is 2. The standard InChI is InChI=1S/C13H13NO3/c1-7-4-5-9-10(6-15)8(2)14(3)12(9)11(7)13(16)17/h4-6H,1-3H3,(H,16,17). The monoisotopic (exact) mass is 231 g/mol. The van der Waals surface area contributed by atoms with Gasteiger partial charge in [0.05, 0.1) is 11.1 Å². The minimum atomic E-state index is -0.967. The first-order valence-electron chi connectivity index (χ1n) is 5.26. The van der Waals surface area contributed by atoms with Crippen LogP contribution in [0.3, 0.4) is 0 Å². The molecule has 0 aliphatic carbocycles. The number of aromatic nitrogens is 1. The molecular formula is C13H13NO3. The van der Waals surface area contributed by atoms with Crippen molar-refractivity contribution in [2.45, 2.75) is 13.8 Å². The zero-order chi connectivity index (χ0) is 12.7. The summed E-state index contributed by atoms with van der Waals surface area (Å²) < 4.78 is 1.76. The van der Waals surface area contributed by atoms with Crippen molar-refractivity contribution in [3.8, 4) is 0 Å². The van der Waals surface area contributed by atoms with E-state index < -0.39 is 5.97 Å². The lowest BCUT2D eigenvalue weighted by Crippen LogP contribution is -2.04. The van der Waals surface area contributed by atoms with Crippen LogP contribution in [-0.4, -0.2) is 21.9 Å². The predicted molar refractivity (Wildman–Crippen MR) is 64.7 cm³/mol. The van der Waals surface area contributed by atoms with Gasteiger partial charge in [-0.05, 0) is 19.4 Å². The number of carbonyl (C=O) groups excluding carboxylic acids is 1. The van der Waals surface area contributed by atoms with Crippen molar-refractivity contribution in [1.82, 2.24) is 4.57 Å². The van der Waals surface area contributed by atoms with Crippen LogP contribution in [-0.2, 0) is 7.05 Å². The molecule has 4 heteroatoms. The van der Waals surface area contributed by atoms with Gasteiger partial charge in [-0.3, -0.25) is 4.79 Å². The number of carboxylic acids is 1. The van der Waals surface area contributed by atoms with Crippen LogP contribution in [0.2, 0.25) is 0 Å². The molecule has 0 saturated carbocycles. The van der Waals surface area contributed by atoms with Gasteiger partial charge in [-0.2, -0.15) is 0 Å². The molecule has 0 spiro atoms. The predicted octanol–water partition coefficient (Wildman–Crippen LogP) is 2.31. The lowest BCUT2D eigenvalue weighted by molar-refractivity contribution is 0.0697. The van der Waals surface area contributed by atoms with E-state index in [1.165, 1.54) is 0 Å². The third-order valence-electron chi connectivity index (χ3n) is 3.24. The van der Waals surface area contributed by atoms with Crippen molar-refractivity contribution in [2.24, 2.45) is 7.05 Å². The molecule has 17 heavy (non-hydrogen) atoms. The fraction of sp³-hybridized carbons (Fsp3) is 0.231. The van der Waals surface area contributed by atoms with E-state index in [1.54, 1.807) is 30.7 Å². The molecular weight excluding hydrogens is 218 g/mol. The fourth-order valence-electron chi connectivity index (χ4n) is 2.22. The highest BCUT2D eigenvalue weighted by molar-refractivity contribution is 6.09. The van der Waals surface area contributed by atoms with Crippen LogP contribution in [0.25, 0.3) is 10.9 Å². The normalized spacial score (nSPS) is 10.8. The maximum Gasteiger partial charge on any atom is 0.338 e. The van der Waals surface area contributed by atoms with Gasteiger partial charge < -0.3 is 9.67 Å². The van der Waals surface area contributed by atoms with Crippen LogP contribution in [0.5, 0.6) is 0 Å². The number of rotatable bonds is 2. The van der Waals surface area contributed by atoms with Gasteiger partial charge in [0.2, 0.25) is 0 Å². The highest BCUT2D eigenvalue weighted by Crippen LogP contribution is 2.28. The van der Waals surface area contributed by atoms with Crippen molar-refractivity contribution in [3.63, 3.8) is 0 Å². The van der Waals surface area contributed by atoms with Gasteiger partial charge in [0.25, 0.3) is 0 Å². The Morgan fingerprint density at radius 2 is 2.00 bits per heavy atom. The molecule has 2 aromatic rings. The summed E-state index contributed by atoms with van der Waals surface area (Å²) >= 11 is 0. The SMILES string of the molecule is Cc1ccc2c(C=O)c(C)n(C)c2c1C(=O)O. The molecule has 2 rings (SSSR count). The van der Waals surface area contributed by atoms with E-state index in [-0.39, 0.29) is 5.56 Å². The molecule has 88 valence electrons. The number of benzene rings is 1. The molecule has 0 aliphatic rings. The Bertz CT molecular complexity index is 638. The largest absolute Gasteiger partial charge is 0.478 e. The first kappa shape index (κ1) is 11.4. The summed E-state index contributed by atoms with van der Waals surface area (Å²) in [7, 11) is 1.77. The second-order valence-corrected chi connectivity index (χ2v) is 4.13. The smallest absolute Gasteiger partial charge is 0.338 e. The van der Waals surface area contributed by atoms with Gasteiger partial charge in [-0.1, -0.05) is 12.1 Å². The number of hydrogen-bond acceptors (Lipinski definition) is 2. The van der Waals surface area contributed by atoms with Gasteiger partial charge in [0.15, 0.2) is 6.29 Å². The van der Waals surface area contributed by atoms with Crippen molar-refractivity contribution in [1.29, 1.82) is 0 Å². The second-order valence-electron chi connectivity index (χ2n) is 4.13. The first-order valence-corrected chi connectivity index (χ1v) is 5.26. The lowest BCUT2D eigenvalue weighted by atomic mass is 10.0. The van der Waals surface area contributed by atoms with Crippen molar-refractivity contribution < 1.29 is 14.7 Å². The number of aromatic carboxylic acids is 1. The van der Waals surface area contributed by atoms with Crippen LogP contribution in [0.1, 0.15) is 32.0 Å². The van der Waals surface area contributed by atoms with Crippen LogP contribution >= 0.6 is 0 Å². The first-order chi connectivity index (χ1) is 7.99. The molecule has 0 fully saturated rings. The highest BCUT2D eigenvalue weighted by Gasteiger charge is 2.19. The quantitative estimate of drug-likeness (QED) is 0.807. The average molecular weight is 231 g/mol. The lowest BCUT2D eigenvalue weighted by Gasteiger charge is -2.05. The molecule has 0 amide bonds. The van der Waals surface area contributed by atoms with E-state index in [1.807, 2.05) is 6.92 Å². The topological polar surface area (TPSA) is 59.3 Å². The average Bonchev–Trinajstić information content (AvgIpc) is 2.52. The number of hydrogen-bond donors (Lipinski definition) is 1. The van der Waals surface area contributed by atoms with Crippen LogP contribution in [0.15, 0.2) is 12.1 Å². The summed E-state index contributed by atoms with van der Waals surface area (Å²) in [6.07, 6.45) is 0.776. The molecule has 0 unspecified atom stereocenters. The third kappa shape index (κ3) is 1.45. The fourth-order valence-corrected chi connectivity index (χ4v) is 2.22. The van der Waals surface area contributed by atoms with E-state index in [9.17, 15) is 14.7 Å². The number of aryl methyl sites for hydroxylation is 2. The Labute approximate surface area is 98.5 Å². The molecule has 1 aromatic heterocycles. The van der Waals surface area contributed by atoms with Crippen molar-refractivity contribution in [2.75, 3.05) is 0 Å². The molecule has 0 bridgehead atoms. The summed E-state index contributed by atoms with van der Waals surface area (Å²) in [5.74, 6) is -0.967. The van der Waals surface area contributed by atoms with E-state index in [4.69, 9.17) is 0 Å². The molecule has 1 heterocycles. The van der Waals surface area contributed by atoms with Gasteiger partial charge >= 0.3 is 5.97 Å². The summed E-state index contributed by atoms with van der Waals surface area (Å²) in [6, 6.07) is 3.53. The zero-order valence-electron chi connectivity index (χ0n) is 9.94. The number of aldehydes is 1. The Morgan fingerprint density at radius 1 is 1.35 bits per heavy atom. The Morgan fingerprint density at radius 3 is 2.53 bits per heavy atom. The van der Waals surface area contributed by atoms with E-state index in [0.29, 0.717) is 22.0 Å². The van der Waals surface area contributed by atoms with Crippen molar-refractivity contribution in [3.05, 3.63) is 34.5 Å². The van der Waals surface area contributed by atoms with E-state index >= 15 is 0 Å². The van der Waals surface area contributed by atoms with Gasteiger partial charge in [-0.25, -0.2) is 4.79 Å². The summed E-state index contributed by atoms with van der Waals surface area (Å²) in [5.41, 5.74) is 2.91. The Hall–Kier alpha value is -2.10. The Kier molecular flexibility index (Phi) is 2.50. The summed E-state index contributed by atoms with van der Waals surface area (Å²) in [4.78, 5) is 22.4. The molecule has 1 N–H and O–H groups in total. The van der Waals surface area contributed by atoms with E-state index in [2.05, 4.69) is 0 Å². The van der Waals surface area contributed by atoms with Gasteiger partial charge in [0.1, 0.15) is 0 Å². The van der Waals surface area contributed by atoms with Crippen LogP contribution in [0.4, 0.5) is 0 Å². The van der Waals surface area contributed by atoms with Gasteiger partial charge in [-0.15, -0.1) is 0 Å². The maximum atomic E-state index is 11.3. The maximum absolute atomic E-state index is 11.3. The molecule has 0 atom stereocenters. The number of carboxylic acid groups (broad SMARTS) is 1. The molecule has 0 aliphatic heterocycles. The molecule has 1 aromatic carbocycles. The number of nitrogens with zero attached hydrogens (tertiary/aromatic N) is 1. The third-order valence-corrected chi connectivity index (χ3v) is 3.24. The van der Waals surface area contributed by atoms with Crippen molar-refractivity contribution >= 4 is 23.2 Å². The minimum Gasteiger partial charge on any atom is -0.478 e. The molecule has 0 radical (unpaired) electrons. The van der Waals surface area contributed by atoms with Crippen LogP contribution < -0.4 is 0 Å².